The van der Waals surface area contributed by atoms with Crippen molar-refractivity contribution in [2.24, 2.45) is 5.16 Å². The van der Waals surface area contributed by atoms with Crippen LogP contribution in [0.4, 0.5) is 0 Å². The fraction of sp³-hybridized carbons (Fsp3) is 0.833. The van der Waals surface area contributed by atoms with Crippen molar-refractivity contribution in [1.29, 1.82) is 0 Å². The van der Waals surface area contributed by atoms with Gasteiger partial charge in [-0.1, -0.05) is 5.16 Å². The van der Waals surface area contributed by atoms with Crippen molar-refractivity contribution in [3.05, 3.63) is 0 Å². The van der Waals surface area contributed by atoms with Gasteiger partial charge in [0.05, 0.1) is 7.11 Å². The van der Waals surface area contributed by atoms with Gasteiger partial charge in [0.1, 0.15) is 12.6 Å². The first-order valence-corrected chi connectivity index (χ1v) is 9.59. The molecule has 0 amide bonds. The molecule has 0 aromatic heterocycles. The van der Waals surface area contributed by atoms with Crippen LogP contribution < -0.4 is 0 Å². The number of hydrogen-bond acceptors (Lipinski definition) is 4. The molecular weight excluding hydrogens is 386 g/mol. The van der Waals surface area contributed by atoms with Crippen LogP contribution in [0, 0.1) is 0 Å². The van der Waals surface area contributed by atoms with E-state index in [-0.39, 0.29) is 6.04 Å². The molecule has 1 aliphatic heterocycles. The van der Waals surface area contributed by atoms with Crippen LogP contribution in [0.3, 0.4) is 0 Å². The molecule has 0 aliphatic carbocycles. The van der Waals surface area contributed by atoms with Crippen molar-refractivity contribution >= 4 is 43.1 Å². The molecule has 0 N–H and O–H groups in total. The second-order valence-corrected chi connectivity index (χ2v) is 2.41. The Kier molecular flexibility index (Phi) is 7.54. The van der Waals surface area contributed by atoms with E-state index >= 15 is 0 Å². The van der Waals surface area contributed by atoms with Crippen LogP contribution in [-0.4, -0.2) is 44.7 Å². The van der Waals surface area contributed by atoms with Gasteiger partial charge in [-0.2, -0.15) is 0 Å². The summed E-state index contributed by atoms with van der Waals surface area (Å²) in [5.41, 5.74) is 0. The zero-order valence-electron chi connectivity index (χ0n) is 7.25. The Balaban J connectivity index is 0.000000561. The highest BCUT2D eigenvalue weighted by molar-refractivity contribution is 15.0. The summed E-state index contributed by atoms with van der Waals surface area (Å²) in [5, 5.41) is 3.71. The zero-order valence-corrected chi connectivity index (χ0v) is 11.6. The van der Waals surface area contributed by atoms with Crippen LogP contribution in [0.25, 0.3) is 0 Å². The average Bonchev–Trinajstić information content (AvgIpc) is 2.55. The van der Waals surface area contributed by atoms with E-state index in [2.05, 4.69) is 42.4 Å². The molecule has 0 aromatic carbocycles. The Morgan fingerprint density at radius 3 is 2.50 bits per heavy atom. The predicted octanol–water partition coefficient (Wildman–Crippen LogP) is 1.68. The second-order valence-electron chi connectivity index (χ2n) is 2.41. The van der Waals surface area contributed by atoms with Crippen molar-refractivity contribution < 1.29 is 9.57 Å². The Morgan fingerprint density at radius 1 is 1.58 bits per heavy atom. The van der Waals surface area contributed by atoms with Crippen LogP contribution in [-0.2, 0) is 9.57 Å². The molecule has 4 nitrogen and oxygen atoms in total. The molecule has 0 bridgehead atoms. The monoisotopic (exact) mass is 398 g/mol. The Morgan fingerprint density at radius 2 is 2.17 bits per heavy atom. The van der Waals surface area contributed by atoms with Gasteiger partial charge in [-0.25, -0.2) is 0 Å². The van der Waals surface area contributed by atoms with Crippen molar-refractivity contribution in [1.82, 2.24) is 4.90 Å². The minimum absolute atomic E-state index is 0.185. The molecule has 0 radical (unpaired) electrons. The third kappa shape index (κ3) is 3.60. The lowest BCUT2D eigenvalue weighted by molar-refractivity contribution is 0.138. The first-order valence-electron chi connectivity index (χ1n) is 3.30. The zero-order chi connectivity index (χ0) is 9.56. The molecule has 1 rings (SSSR count). The summed E-state index contributed by atoms with van der Waals surface area (Å²) < 4.78 is 4.97. The molecule has 0 saturated carbocycles. The molecule has 72 valence electrons. The normalized spacial score (nSPS) is 20.8. The van der Waals surface area contributed by atoms with E-state index in [0.717, 1.165) is 0 Å². The molecule has 6 heteroatoms. The Hall–Kier alpha value is 0.690. The fourth-order valence-electron chi connectivity index (χ4n) is 0.847. The van der Waals surface area contributed by atoms with Gasteiger partial charge in [-0.15, -0.1) is 0 Å². The van der Waals surface area contributed by atoms with E-state index in [1.807, 2.05) is 19.0 Å². The van der Waals surface area contributed by atoms with Gasteiger partial charge in [0.2, 0.25) is 5.90 Å². The molecule has 0 spiro atoms. The maximum absolute atomic E-state index is 4.97. The largest absolute Gasteiger partial charge is 0.481 e. The lowest BCUT2D eigenvalue weighted by Crippen LogP contribution is -2.36. The van der Waals surface area contributed by atoms with Crippen LogP contribution in [0.15, 0.2) is 5.16 Å². The van der Waals surface area contributed by atoms with E-state index in [1.165, 1.54) is 0 Å². The van der Waals surface area contributed by atoms with Gasteiger partial charge < -0.3 is 9.57 Å². The molecule has 12 heavy (non-hydrogen) atoms. The number of oxime groups is 1. The number of rotatable bonds is 1. The number of nitrogens with zero attached hydrogens (tertiary/aromatic N) is 2. The van der Waals surface area contributed by atoms with Gasteiger partial charge in [0.15, 0.2) is 0 Å². The standard InChI is InChI=1S/C6H12N2O2.I2/c1-8(2)5-4-10-7-6(5)9-3;1-2/h5H,4H2,1-3H3;. The topological polar surface area (TPSA) is 34.1 Å². The van der Waals surface area contributed by atoms with Crippen molar-refractivity contribution in [2.45, 2.75) is 6.04 Å². The molecule has 1 unspecified atom stereocenters. The summed E-state index contributed by atoms with van der Waals surface area (Å²) in [5.74, 6) is 0.657. The maximum atomic E-state index is 4.97. The van der Waals surface area contributed by atoms with Crippen LogP contribution in [0.2, 0.25) is 0 Å². The maximum Gasteiger partial charge on any atom is 0.246 e. The minimum Gasteiger partial charge on any atom is -0.481 e. The summed E-state index contributed by atoms with van der Waals surface area (Å²) >= 11 is 4.24. The van der Waals surface area contributed by atoms with Crippen LogP contribution in [0.1, 0.15) is 0 Å². The van der Waals surface area contributed by atoms with Gasteiger partial charge in [0, 0.05) is 37.2 Å². The fourth-order valence-corrected chi connectivity index (χ4v) is 0.847. The number of likely N-dealkylation sites (N-methyl/N-ethyl adjacent to an activating group) is 1. The summed E-state index contributed by atoms with van der Waals surface area (Å²) in [6.07, 6.45) is 0. The predicted molar refractivity (Wildman–Crippen MR) is 65.9 cm³/mol. The number of ether oxygens (including phenoxy) is 1. The number of hydrogen-bond donors (Lipinski definition) is 0. The highest BCUT2D eigenvalue weighted by Crippen LogP contribution is 2.06. The quantitative estimate of drug-likeness (QED) is 0.631. The van der Waals surface area contributed by atoms with Gasteiger partial charge in [-0.05, 0) is 14.1 Å². The second kappa shape index (κ2) is 7.13. The SMILES string of the molecule is COC1=NOCC1N(C)C.II. The smallest absolute Gasteiger partial charge is 0.246 e. The highest BCUT2D eigenvalue weighted by atomic mass is 128. The third-order valence-electron chi connectivity index (χ3n) is 1.50. The summed E-state index contributed by atoms with van der Waals surface area (Å²) in [4.78, 5) is 6.85. The Bertz CT molecular complexity index is 152. The van der Waals surface area contributed by atoms with Crippen molar-refractivity contribution in [3.63, 3.8) is 0 Å². The average molecular weight is 398 g/mol. The molecule has 1 aliphatic rings. The summed E-state index contributed by atoms with van der Waals surface area (Å²) in [6.45, 7) is 0.593. The van der Waals surface area contributed by atoms with E-state index in [4.69, 9.17) is 9.57 Å². The van der Waals surface area contributed by atoms with Crippen molar-refractivity contribution in [2.75, 3.05) is 27.8 Å². The molecule has 0 fully saturated rings. The first-order chi connectivity index (χ1) is 5.75. The van der Waals surface area contributed by atoms with E-state index < -0.39 is 0 Å². The lowest BCUT2D eigenvalue weighted by Gasteiger charge is -2.16. The highest BCUT2D eigenvalue weighted by Gasteiger charge is 2.25. The lowest BCUT2D eigenvalue weighted by atomic mass is 10.3. The van der Waals surface area contributed by atoms with Gasteiger partial charge >= 0.3 is 0 Å². The Labute approximate surface area is 96.0 Å². The van der Waals surface area contributed by atoms with E-state index in [1.54, 1.807) is 7.11 Å². The number of halogens is 2. The summed E-state index contributed by atoms with van der Waals surface area (Å²) in [6, 6.07) is 0.185. The van der Waals surface area contributed by atoms with Gasteiger partial charge in [-0.3, -0.25) is 4.90 Å². The molecule has 1 atom stereocenters. The molecule has 0 saturated heterocycles. The van der Waals surface area contributed by atoms with Crippen LogP contribution in [0.5, 0.6) is 0 Å². The number of methoxy groups -OCH3 is 1. The summed E-state index contributed by atoms with van der Waals surface area (Å²) in [7, 11) is 5.53. The van der Waals surface area contributed by atoms with E-state index in [0.29, 0.717) is 12.5 Å². The van der Waals surface area contributed by atoms with E-state index in [9.17, 15) is 0 Å². The van der Waals surface area contributed by atoms with Crippen LogP contribution >= 0.6 is 37.2 Å². The minimum atomic E-state index is 0.185. The van der Waals surface area contributed by atoms with Gasteiger partial charge in [0.25, 0.3) is 0 Å². The molecule has 0 aromatic rings. The van der Waals surface area contributed by atoms with Crippen molar-refractivity contribution in [3.8, 4) is 0 Å². The first kappa shape index (κ1) is 12.7. The molecule has 1 heterocycles. The third-order valence-corrected chi connectivity index (χ3v) is 1.50. The molecular formula is C6H12I2N2O2.